The maximum atomic E-state index is 12.5. The van der Waals surface area contributed by atoms with Crippen molar-refractivity contribution < 1.29 is 14.3 Å². The Bertz CT molecular complexity index is 712. The van der Waals surface area contributed by atoms with Crippen LogP contribution in [0.15, 0.2) is 18.2 Å². The van der Waals surface area contributed by atoms with Gasteiger partial charge in [0, 0.05) is 23.1 Å². The number of methoxy groups -OCH3 is 1. The van der Waals surface area contributed by atoms with Gasteiger partial charge in [-0.3, -0.25) is 4.90 Å². The van der Waals surface area contributed by atoms with Crippen LogP contribution in [0.25, 0.3) is 10.9 Å². The fraction of sp³-hybridized carbons (Fsp3) is 0.471. The zero-order chi connectivity index (χ0) is 15.9. The minimum Gasteiger partial charge on any atom is -0.497 e. The number of hydrogen-bond acceptors (Lipinski definition) is 3. The van der Waals surface area contributed by atoms with Crippen LogP contribution in [0.5, 0.6) is 5.75 Å². The highest BCUT2D eigenvalue weighted by atomic mass is 16.6. The molecule has 1 aromatic carbocycles. The monoisotopic (exact) mass is 302 g/mol. The second kappa shape index (κ2) is 5.23. The molecule has 0 radical (unpaired) electrons. The van der Waals surface area contributed by atoms with Crippen LogP contribution in [0.2, 0.25) is 0 Å². The molecule has 3 rings (SSSR count). The second-order valence-corrected chi connectivity index (χ2v) is 6.60. The summed E-state index contributed by atoms with van der Waals surface area (Å²) >= 11 is 0. The van der Waals surface area contributed by atoms with E-state index >= 15 is 0 Å². The smallest absolute Gasteiger partial charge is 0.414 e. The van der Waals surface area contributed by atoms with Crippen molar-refractivity contribution in [1.29, 1.82) is 0 Å². The maximum absolute atomic E-state index is 12.5. The van der Waals surface area contributed by atoms with Gasteiger partial charge in [-0.15, -0.1) is 0 Å². The minimum absolute atomic E-state index is 0.294. The number of hydrogen-bond donors (Lipinski definition) is 1. The summed E-state index contributed by atoms with van der Waals surface area (Å²) < 4.78 is 10.9. The molecule has 1 N–H and O–H groups in total. The van der Waals surface area contributed by atoms with Crippen LogP contribution in [0, 0.1) is 0 Å². The molecule has 0 bridgehead atoms. The molecule has 0 aliphatic carbocycles. The van der Waals surface area contributed by atoms with Crippen molar-refractivity contribution in [3.05, 3.63) is 23.9 Å². The van der Waals surface area contributed by atoms with E-state index in [-0.39, 0.29) is 6.09 Å². The summed E-state index contributed by atoms with van der Waals surface area (Å²) in [6.45, 7) is 6.32. The number of nitrogens with zero attached hydrogens (tertiary/aromatic N) is 1. The van der Waals surface area contributed by atoms with Gasteiger partial charge in [-0.05, 0) is 51.8 Å². The average Bonchev–Trinajstić information content (AvgIpc) is 2.82. The molecule has 0 unspecified atom stereocenters. The summed E-state index contributed by atoms with van der Waals surface area (Å²) in [5, 5.41) is 1.000. The molecule has 1 aliphatic heterocycles. The summed E-state index contributed by atoms with van der Waals surface area (Å²) in [4.78, 5) is 17.7. The van der Waals surface area contributed by atoms with Crippen LogP contribution < -0.4 is 9.64 Å². The molecule has 22 heavy (non-hydrogen) atoms. The molecule has 118 valence electrons. The third kappa shape index (κ3) is 2.63. The van der Waals surface area contributed by atoms with Gasteiger partial charge in [0.2, 0.25) is 0 Å². The number of benzene rings is 1. The maximum Gasteiger partial charge on any atom is 0.414 e. The van der Waals surface area contributed by atoms with E-state index in [9.17, 15) is 4.79 Å². The first-order valence-electron chi connectivity index (χ1n) is 7.58. The minimum atomic E-state index is -0.501. The van der Waals surface area contributed by atoms with Crippen molar-refractivity contribution in [2.75, 3.05) is 18.6 Å². The standard InChI is InChI=1S/C17H22N2O3/c1-17(2,3)22-16(20)19-9-5-6-14-15(19)12-10-11(21-4)7-8-13(12)18-14/h7-8,10,18H,5-6,9H2,1-4H3. The van der Waals surface area contributed by atoms with Gasteiger partial charge in [-0.2, -0.15) is 0 Å². The highest BCUT2D eigenvalue weighted by Gasteiger charge is 2.30. The number of carbonyl (C=O) groups excluding carboxylic acids is 1. The Morgan fingerprint density at radius 2 is 2.09 bits per heavy atom. The largest absolute Gasteiger partial charge is 0.497 e. The molecule has 5 nitrogen and oxygen atoms in total. The van der Waals surface area contributed by atoms with Crippen molar-refractivity contribution in [3.63, 3.8) is 0 Å². The lowest BCUT2D eigenvalue weighted by Gasteiger charge is -2.30. The van der Waals surface area contributed by atoms with E-state index in [4.69, 9.17) is 9.47 Å². The van der Waals surface area contributed by atoms with E-state index in [0.29, 0.717) is 6.54 Å². The predicted molar refractivity (Wildman–Crippen MR) is 86.8 cm³/mol. The van der Waals surface area contributed by atoms with Crippen molar-refractivity contribution in [2.45, 2.75) is 39.2 Å². The summed E-state index contributed by atoms with van der Waals surface area (Å²) in [5.41, 5.74) is 2.52. The number of amides is 1. The quantitative estimate of drug-likeness (QED) is 0.870. The number of aromatic amines is 1. The van der Waals surface area contributed by atoms with E-state index in [2.05, 4.69) is 4.98 Å². The molecule has 2 aromatic rings. The van der Waals surface area contributed by atoms with Crippen LogP contribution in [0.3, 0.4) is 0 Å². The number of nitrogens with one attached hydrogen (secondary N) is 1. The van der Waals surface area contributed by atoms with Gasteiger partial charge in [0.1, 0.15) is 11.4 Å². The van der Waals surface area contributed by atoms with Gasteiger partial charge in [0.25, 0.3) is 0 Å². The van der Waals surface area contributed by atoms with Gasteiger partial charge in [-0.25, -0.2) is 4.79 Å². The number of fused-ring (bicyclic) bond motifs is 3. The summed E-state index contributed by atoms with van der Waals surface area (Å²) in [7, 11) is 1.64. The van der Waals surface area contributed by atoms with Crippen molar-refractivity contribution in [1.82, 2.24) is 4.98 Å². The normalized spacial score (nSPS) is 14.8. The highest BCUT2D eigenvalue weighted by Crippen LogP contribution is 2.37. The van der Waals surface area contributed by atoms with Gasteiger partial charge < -0.3 is 14.5 Å². The number of aryl methyl sites for hydroxylation is 1. The van der Waals surface area contributed by atoms with E-state index < -0.39 is 5.60 Å². The van der Waals surface area contributed by atoms with E-state index in [0.717, 1.165) is 40.9 Å². The second-order valence-electron chi connectivity index (χ2n) is 6.60. The Hall–Kier alpha value is -2.17. The first kappa shape index (κ1) is 14.8. The molecular weight excluding hydrogens is 280 g/mol. The van der Waals surface area contributed by atoms with Crippen molar-refractivity contribution >= 4 is 22.7 Å². The number of H-pyrrole nitrogens is 1. The molecular formula is C17H22N2O3. The molecule has 0 saturated heterocycles. The Labute approximate surface area is 130 Å². The van der Waals surface area contributed by atoms with Crippen molar-refractivity contribution in [3.8, 4) is 5.75 Å². The van der Waals surface area contributed by atoms with Crippen LogP contribution in [0.1, 0.15) is 32.9 Å². The predicted octanol–water partition coefficient (Wildman–Crippen LogP) is 3.86. The van der Waals surface area contributed by atoms with Gasteiger partial charge in [0.05, 0.1) is 12.8 Å². The lowest BCUT2D eigenvalue weighted by molar-refractivity contribution is 0.0578. The van der Waals surface area contributed by atoms with Crippen LogP contribution in [-0.4, -0.2) is 30.3 Å². The summed E-state index contributed by atoms with van der Waals surface area (Å²) in [6, 6.07) is 5.87. The topological polar surface area (TPSA) is 54.6 Å². The molecule has 1 aromatic heterocycles. The lowest BCUT2D eigenvalue weighted by Crippen LogP contribution is -2.39. The summed E-state index contributed by atoms with van der Waals surface area (Å²) in [5.74, 6) is 0.781. The highest BCUT2D eigenvalue weighted by molar-refractivity contribution is 6.03. The zero-order valence-electron chi connectivity index (χ0n) is 13.5. The Morgan fingerprint density at radius 1 is 1.32 bits per heavy atom. The SMILES string of the molecule is COc1ccc2[nH]c3c(c2c1)N(C(=O)OC(C)(C)C)CCC3. The molecule has 0 fully saturated rings. The molecule has 1 aliphatic rings. The first-order chi connectivity index (χ1) is 10.4. The number of carbonyl (C=O) groups is 1. The van der Waals surface area contributed by atoms with Gasteiger partial charge >= 0.3 is 6.09 Å². The van der Waals surface area contributed by atoms with Gasteiger partial charge in [0.15, 0.2) is 0 Å². The Kier molecular flexibility index (Phi) is 3.51. The van der Waals surface area contributed by atoms with E-state index in [1.165, 1.54) is 0 Å². The van der Waals surface area contributed by atoms with Crippen LogP contribution >= 0.6 is 0 Å². The van der Waals surface area contributed by atoms with Crippen LogP contribution in [0.4, 0.5) is 10.5 Å². The zero-order valence-corrected chi connectivity index (χ0v) is 13.5. The number of anilines is 1. The first-order valence-corrected chi connectivity index (χ1v) is 7.58. The fourth-order valence-electron chi connectivity index (χ4n) is 2.85. The Morgan fingerprint density at radius 3 is 2.77 bits per heavy atom. The van der Waals surface area contributed by atoms with Gasteiger partial charge in [-0.1, -0.05) is 0 Å². The molecule has 5 heteroatoms. The van der Waals surface area contributed by atoms with Crippen LogP contribution in [-0.2, 0) is 11.2 Å². The number of ether oxygens (including phenoxy) is 2. The number of aromatic nitrogens is 1. The molecule has 0 spiro atoms. The average molecular weight is 302 g/mol. The fourth-order valence-corrected chi connectivity index (χ4v) is 2.85. The number of rotatable bonds is 1. The summed E-state index contributed by atoms with van der Waals surface area (Å²) in [6.07, 6.45) is 1.57. The lowest BCUT2D eigenvalue weighted by atomic mass is 10.1. The molecule has 1 amide bonds. The van der Waals surface area contributed by atoms with Crippen molar-refractivity contribution in [2.24, 2.45) is 0 Å². The molecule has 2 heterocycles. The van der Waals surface area contributed by atoms with E-state index in [1.807, 2.05) is 39.0 Å². The molecule has 0 atom stereocenters. The third-order valence-corrected chi connectivity index (χ3v) is 3.75. The third-order valence-electron chi connectivity index (χ3n) is 3.75. The molecule has 0 saturated carbocycles. The Balaban J connectivity index is 2.06. The van der Waals surface area contributed by atoms with E-state index in [1.54, 1.807) is 12.0 Å².